The minimum Gasteiger partial charge on any atom is -0.325 e. The van der Waals surface area contributed by atoms with Crippen molar-refractivity contribution in [3.8, 4) is 17.2 Å². The number of benzene rings is 1. The topological polar surface area (TPSA) is 59.9 Å². The van der Waals surface area contributed by atoms with Crippen LogP contribution in [0.1, 0.15) is 56.4 Å². The van der Waals surface area contributed by atoms with Gasteiger partial charge in [-0.2, -0.15) is 5.26 Å². The van der Waals surface area contributed by atoms with Crippen molar-refractivity contribution in [2.24, 2.45) is 0 Å². The zero-order chi connectivity index (χ0) is 18.9. The second kappa shape index (κ2) is 9.94. The second-order valence-corrected chi connectivity index (χ2v) is 6.87. The molecule has 4 nitrogen and oxygen atoms in total. The summed E-state index contributed by atoms with van der Waals surface area (Å²) in [6.45, 7) is 9.39. The van der Waals surface area contributed by atoms with Crippen LogP contribution in [0.25, 0.3) is 11.1 Å². The molecule has 138 valence electrons. The number of pyridine rings is 1. The molecule has 0 radical (unpaired) electrons. The third-order valence-electron chi connectivity index (χ3n) is 4.58. The fourth-order valence-corrected chi connectivity index (χ4v) is 3.16. The molecule has 0 aliphatic rings. The van der Waals surface area contributed by atoms with Crippen molar-refractivity contribution in [3.05, 3.63) is 57.5 Å². The van der Waals surface area contributed by atoms with Crippen molar-refractivity contribution in [1.82, 2.24) is 9.88 Å². The minimum absolute atomic E-state index is 0.182. The van der Waals surface area contributed by atoms with Gasteiger partial charge in [-0.3, -0.25) is 9.69 Å². The maximum atomic E-state index is 12.1. The lowest BCUT2D eigenvalue weighted by molar-refractivity contribution is 0.257. The van der Waals surface area contributed by atoms with Gasteiger partial charge in [0.25, 0.3) is 5.56 Å². The van der Waals surface area contributed by atoms with E-state index in [2.05, 4.69) is 41.9 Å². The maximum absolute atomic E-state index is 12.1. The molecule has 1 N–H and O–H groups in total. The third-order valence-corrected chi connectivity index (χ3v) is 4.58. The summed E-state index contributed by atoms with van der Waals surface area (Å²) >= 11 is 0. The molecule has 0 aliphatic carbocycles. The Morgan fingerprint density at radius 3 is 2.42 bits per heavy atom. The Morgan fingerprint density at radius 2 is 1.81 bits per heavy atom. The fourth-order valence-electron chi connectivity index (χ4n) is 3.16. The number of unbranched alkanes of at least 4 members (excludes halogenated alkanes) is 2. The van der Waals surface area contributed by atoms with Crippen molar-refractivity contribution in [3.63, 3.8) is 0 Å². The Hall–Kier alpha value is -2.38. The highest BCUT2D eigenvalue weighted by Crippen LogP contribution is 2.23. The maximum Gasteiger partial charge on any atom is 0.266 e. The van der Waals surface area contributed by atoms with Crippen LogP contribution in [0, 0.1) is 18.3 Å². The summed E-state index contributed by atoms with van der Waals surface area (Å²) in [5.41, 5.74) is 3.49. The average Bonchev–Trinajstić information content (AvgIpc) is 2.63. The van der Waals surface area contributed by atoms with Crippen LogP contribution >= 0.6 is 0 Å². The summed E-state index contributed by atoms with van der Waals surface area (Å²) < 4.78 is 0. The van der Waals surface area contributed by atoms with Gasteiger partial charge in [0.05, 0.1) is 0 Å². The van der Waals surface area contributed by atoms with Gasteiger partial charge in [-0.15, -0.1) is 0 Å². The van der Waals surface area contributed by atoms with Crippen LogP contribution < -0.4 is 5.56 Å². The van der Waals surface area contributed by atoms with Crippen LogP contribution in [0.3, 0.4) is 0 Å². The van der Waals surface area contributed by atoms with Crippen LogP contribution in [-0.4, -0.2) is 23.0 Å². The van der Waals surface area contributed by atoms with Crippen LogP contribution in [0.15, 0.2) is 35.1 Å². The molecule has 0 fully saturated rings. The van der Waals surface area contributed by atoms with Gasteiger partial charge in [-0.05, 0) is 56.1 Å². The number of nitrogens with one attached hydrogen (secondary N) is 1. The van der Waals surface area contributed by atoms with Gasteiger partial charge in [-0.25, -0.2) is 0 Å². The molecular formula is C22H29N3O. The number of aryl methyl sites for hydroxylation is 1. The molecule has 2 rings (SSSR count). The van der Waals surface area contributed by atoms with Gasteiger partial charge < -0.3 is 4.98 Å². The van der Waals surface area contributed by atoms with Crippen molar-refractivity contribution in [1.29, 1.82) is 5.26 Å². The Kier molecular flexibility index (Phi) is 7.62. The monoisotopic (exact) mass is 351 g/mol. The summed E-state index contributed by atoms with van der Waals surface area (Å²) in [7, 11) is 0. The lowest BCUT2D eigenvalue weighted by atomic mass is 9.99. The van der Waals surface area contributed by atoms with E-state index in [1.807, 2.05) is 25.1 Å². The highest BCUT2D eigenvalue weighted by Gasteiger charge is 2.12. The number of nitrogens with zero attached hydrogens (tertiary/aromatic N) is 2. The first kappa shape index (κ1) is 19.9. The molecule has 0 amide bonds. The largest absolute Gasteiger partial charge is 0.325 e. The number of aromatic amines is 1. The van der Waals surface area contributed by atoms with Crippen molar-refractivity contribution in [2.75, 3.05) is 13.1 Å². The van der Waals surface area contributed by atoms with Crippen molar-refractivity contribution < 1.29 is 0 Å². The molecule has 0 atom stereocenters. The van der Waals surface area contributed by atoms with E-state index < -0.39 is 0 Å². The van der Waals surface area contributed by atoms with E-state index in [4.69, 9.17) is 0 Å². The van der Waals surface area contributed by atoms with Crippen LogP contribution in [0.5, 0.6) is 0 Å². The molecule has 0 bridgehead atoms. The molecule has 26 heavy (non-hydrogen) atoms. The van der Waals surface area contributed by atoms with Gasteiger partial charge in [0.15, 0.2) is 0 Å². The molecule has 0 saturated heterocycles. The van der Waals surface area contributed by atoms with E-state index in [0.717, 1.165) is 30.9 Å². The van der Waals surface area contributed by atoms with E-state index in [0.29, 0.717) is 5.56 Å². The number of rotatable bonds is 9. The van der Waals surface area contributed by atoms with E-state index in [1.54, 1.807) is 0 Å². The first-order chi connectivity index (χ1) is 12.6. The summed E-state index contributed by atoms with van der Waals surface area (Å²) in [4.78, 5) is 17.3. The van der Waals surface area contributed by atoms with Crippen molar-refractivity contribution in [2.45, 2.75) is 53.0 Å². The third kappa shape index (κ3) is 5.31. The van der Waals surface area contributed by atoms with Crippen LogP contribution in [0.4, 0.5) is 0 Å². The highest BCUT2D eigenvalue weighted by molar-refractivity contribution is 5.70. The molecule has 1 heterocycles. The molecule has 0 saturated carbocycles. The smallest absolute Gasteiger partial charge is 0.266 e. The Bertz CT molecular complexity index is 809. The van der Waals surface area contributed by atoms with E-state index >= 15 is 0 Å². The second-order valence-electron chi connectivity index (χ2n) is 6.87. The molecule has 1 aromatic carbocycles. The normalized spacial score (nSPS) is 10.9. The Labute approximate surface area is 156 Å². The number of hydrogen-bond acceptors (Lipinski definition) is 3. The molecule has 0 unspecified atom stereocenters. The minimum atomic E-state index is -0.319. The molecule has 0 spiro atoms. The van der Waals surface area contributed by atoms with Gasteiger partial charge >= 0.3 is 0 Å². The SMILES string of the molecule is CCCCN(CCCC)Cc1cccc(-c2cc(C)[nH]c(=O)c2C#N)c1. The van der Waals surface area contributed by atoms with Gasteiger partial charge in [0.1, 0.15) is 11.6 Å². The van der Waals surface area contributed by atoms with E-state index in [1.165, 1.54) is 31.2 Å². The number of nitriles is 1. The lowest BCUT2D eigenvalue weighted by Crippen LogP contribution is -2.25. The molecular weight excluding hydrogens is 322 g/mol. The number of H-pyrrole nitrogens is 1. The predicted molar refractivity (Wildman–Crippen MR) is 107 cm³/mol. The van der Waals surface area contributed by atoms with Crippen LogP contribution in [0.2, 0.25) is 0 Å². The number of aromatic nitrogens is 1. The predicted octanol–water partition coefficient (Wildman–Crippen LogP) is 4.62. The molecule has 1 aromatic heterocycles. The summed E-state index contributed by atoms with van der Waals surface area (Å²) in [6.07, 6.45) is 4.80. The summed E-state index contributed by atoms with van der Waals surface area (Å²) in [5, 5.41) is 9.38. The molecule has 4 heteroatoms. The van der Waals surface area contributed by atoms with Crippen LogP contribution in [-0.2, 0) is 6.54 Å². The van der Waals surface area contributed by atoms with E-state index in [9.17, 15) is 10.1 Å². The Balaban J connectivity index is 2.30. The van der Waals surface area contributed by atoms with E-state index in [-0.39, 0.29) is 11.1 Å². The number of hydrogen-bond donors (Lipinski definition) is 1. The quantitative estimate of drug-likeness (QED) is 0.717. The molecule has 2 aromatic rings. The van der Waals surface area contributed by atoms with Gasteiger partial charge in [-0.1, -0.05) is 44.9 Å². The zero-order valence-corrected chi connectivity index (χ0v) is 16.1. The first-order valence-electron chi connectivity index (χ1n) is 9.54. The average molecular weight is 351 g/mol. The Morgan fingerprint density at radius 1 is 1.12 bits per heavy atom. The lowest BCUT2D eigenvalue weighted by Gasteiger charge is -2.22. The fraction of sp³-hybridized carbons (Fsp3) is 0.455. The highest BCUT2D eigenvalue weighted by atomic mass is 16.1. The zero-order valence-electron chi connectivity index (χ0n) is 16.1. The standard InChI is InChI=1S/C22H29N3O/c1-4-6-11-25(12-7-5-2)16-18-9-8-10-19(14-18)20-13-17(3)24-22(26)21(20)15-23/h8-10,13-14H,4-7,11-12,16H2,1-3H3,(H,24,26). The summed E-state index contributed by atoms with van der Waals surface area (Å²) in [5.74, 6) is 0. The van der Waals surface area contributed by atoms with Gasteiger partial charge in [0, 0.05) is 17.8 Å². The van der Waals surface area contributed by atoms with Crippen molar-refractivity contribution >= 4 is 0 Å². The molecule has 0 aliphatic heterocycles. The van der Waals surface area contributed by atoms with Gasteiger partial charge in [0.2, 0.25) is 0 Å². The first-order valence-corrected chi connectivity index (χ1v) is 9.54. The summed E-state index contributed by atoms with van der Waals surface area (Å²) in [6, 6.07) is 12.2.